The van der Waals surface area contributed by atoms with Crippen LogP contribution in [0.2, 0.25) is 0 Å². The summed E-state index contributed by atoms with van der Waals surface area (Å²) in [4.78, 5) is 35.2. The van der Waals surface area contributed by atoms with Crippen molar-refractivity contribution >= 4 is 23.3 Å². The maximum atomic E-state index is 12.9. The van der Waals surface area contributed by atoms with Crippen molar-refractivity contribution in [2.75, 3.05) is 25.1 Å². The quantitative estimate of drug-likeness (QED) is 0.285. The van der Waals surface area contributed by atoms with Crippen LogP contribution in [-0.4, -0.2) is 36.6 Å². The van der Waals surface area contributed by atoms with E-state index in [9.17, 15) is 24.1 Å². The first-order chi connectivity index (χ1) is 16.9. The van der Waals surface area contributed by atoms with Gasteiger partial charge in [-0.1, -0.05) is 0 Å². The molecule has 3 aromatic rings. The van der Waals surface area contributed by atoms with Crippen LogP contribution in [0, 0.1) is 15.9 Å². The molecule has 0 bridgehead atoms. The first-order valence-corrected chi connectivity index (χ1v) is 10.4. The Morgan fingerprint density at radius 2 is 1.77 bits per heavy atom. The van der Waals surface area contributed by atoms with Crippen molar-refractivity contribution < 1.29 is 42.3 Å². The van der Waals surface area contributed by atoms with E-state index in [1.807, 2.05) is 0 Å². The number of rotatable bonds is 8. The molecule has 0 fully saturated rings. The summed E-state index contributed by atoms with van der Waals surface area (Å²) < 4.78 is 39.6. The summed E-state index contributed by atoms with van der Waals surface area (Å²) in [5, 5.41) is 13.8. The summed E-state index contributed by atoms with van der Waals surface area (Å²) in [6.45, 7) is -0.0335. The molecule has 4 rings (SSSR count). The molecule has 182 valence electrons. The number of anilines is 1. The van der Waals surface area contributed by atoms with Crippen LogP contribution < -0.4 is 19.5 Å². The van der Waals surface area contributed by atoms with Crippen LogP contribution in [0.1, 0.15) is 22.7 Å². The molecule has 0 saturated heterocycles. The maximum Gasteiger partial charge on any atom is 0.374 e. The molecule has 0 atom stereocenters. The number of nitrogens with one attached hydrogen (secondary N) is 1. The van der Waals surface area contributed by atoms with Crippen LogP contribution in [0.15, 0.2) is 52.9 Å². The highest BCUT2D eigenvalue weighted by atomic mass is 19.1. The van der Waals surface area contributed by atoms with Crippen LogP contribution in [0.3, 0.4) is 0 Å². The normalized spacial score (nSPS) is 12.4. The number of nitrogens with zero attached hydrogens (tertiary/aromatic N) is 1. The van der Waals surface area contributed by atoms with Crippen molar-refractivity contribution in [3.8, 4) is 17.2 Å². The van der Waals surface area contributed by atoms with Crippen LogP contribution in [0.25, 0.3) is 0 Å². The third-order valence-corrected chi connectivity index (χ3v) is 4.73. The molecule has 1 N–H and O–H groups in total. The summed E-state index contributed by atoms with van der Waals surface area (Å²) >= 11 is 0. The Morgan fingerprint density at radius 1 is 1.06 bits per heavy atom. The van der Waals surface area contributed by atoms with Gasteiger partial charge in [0.2, 0.25) is 5.76 Å². The molecular weight excluding hydrogens is 467 g/mol. The maximum absolute atomic E-state index is 12.9. The van der Waals surface area contributed by atoms with E-state index in [2.05, 4.69) is 5.32 Å². The minimum atomic E-state index is -0.915. The van der Waals surface area contributed by atoms with Gasteiger partial charge in [-0.2, -0.15) is 0 Å². The number of benzene rings is 2. The highest BCUT2D eigenvalue weighted by molar-refractivity contribution is 5.96. The van der Waals surface area contributed by atoms with Crippen LogP contribution in [-0.2, 0) is 16.1 Å². The number of nitro groups is 1. The van der Waals surface area contributed by atoms with E-state index in [0.717, 1.165) is 0 Å². The lowest BCUT2D eigenvalue weighted by Gasteiger charge is -2.11. The lowest BCUT2D eigenvalue weighted by atomic mass is 10.2. The summed E-state index contributed by atoms with van der Waals surface area (Å²) in [5.41, 5.74) is -0.524. The van der Waals surface area contributed by atoms with Gasteiger partial charge in [0.25, 0.3) is 11.6 Å². The van der Waals surface area contributed by atoms with Gasteiger partial charge in [-0.25, -0.2) is 9.18 Å². The summed E-state index contributed by atoms with van der Waals surface area (Å²) in [5.74, 6) is -1.12. The second-order valence-corrected chi connectivity index (χ2v) is 7.26. The highest BCUT2D eigenvalue weighted by Crippen LogP contribution is 2.39. The molecule has 1 amide bonds. The number of hydrogen-bond donors (Lipinski definition) is 1. The average molecular weight is 486 g/mol. The van der Waals surface area contributed by atoms with E-state index >= 15 is 0 Å². The Bertz CT molecular complexity index is 1240. The van der Waals surface area contributed by atoms with Gasteiger partial charge < -0.3 is 28.7 Å². The van der Waals surface area contributed by atoms with Crippen molar-refractivity contribution in [3.05, 3.63) is 76.0 Å². The molecule has 1 aromatic heterocycles. The first-order valence-electron chi connectivity index (χ1n) is 10.4. The number of halogens is 1. The van der Waals surface area contributed by atoms with Gasteiger partial charge in [-0.3, -0.25) is 14.9 Å². The predicted molar refractivity (Wildman–Crippen MR) is 117 cm³/mol. The molecule has 0 radical (unpaired) electrons. The molecule has 11 nitrogen and oxygen atoms in total. The van der Waals surface area contributed by atoms with Gasteiger partial charge in [0.1, 0.15) is 29.6 Å². The van der Waals surface area contributed by atoms with Crippen molar-refractivity contribution in [3.63, 3.8) is 0 Å². The third-order valence-electron chi connectivity index (χ3n) is 4.73. The Kier molecular flexibility index (Phi) is 7.10. The number of amides is 1. The molecule has 0 saturated carbocycles. The minimum Gasteiger partial charge on any atom is -0.489 e. The van der Waals surface area contributed by atoms with E-state index in [1.165, 1.54) is 48.5 Å². The van der Waals surface area contributed by atoms with Crippen LogP contribution in [0.4, 0.5) is 15.8 Å². The minimum absolute atomic E-state index is 0.0207. The first kappa shape index (κ1) is 23.5. The second kappa shape index (κ2) is 10.5. The number of nitro benzene ring substituents is 1. The Balaban J connectivity index is 1.32. The van der Waals surface area contributed by atoms with Gasteiger partial charge in [-0.15, -0.1) is 0 Å². The topological polar surface area (TPSA) is 139 Å². The SMILES string of the molecule is O=C(COC(=O)c1ccc(COc2ccc(F)cc2)o1)Nc1cc2c(cc1[N+](=O)[O-])OCCCO2. The van der Waals surface area contributed by atoms with Gasteiger partial charge in [0.15, 0.2) is 18.1 Å². The molecule has 0 spiro atoms. The van der Waals surface area contributed by atoms with Crippen molar-refractivity contribution in [2.24, 2.45) is 0 Å². The molecule has 35 heavy (non-hydrogen) atoms. The van der Waals surface area contributed by atoms with Crippen molar-refractivity contribution in [1.82, 2.24) is 0 Å². The zero-order valence-corrected chi connectivity index (χ0v) is 18.2. The summed E-state index contributed by atoms with van der Waals surface area (Å²) in [6.07, 6.45) is 0.604. The fraction of sp³-hybridized carbons (Fsp3) is 0.217. The monoisotopic (exact) mass is 486 g/mol. The summed E-state index contributed by atoms with van der Waals surface area (Å²) in [6, 6.07) is 10.7. The molecule has 2 heterocycles. The van der Waals surface area contributed by atoms with E-state index < -0.39 is 34.9 Å². The number of carbonyl (C=O) groups excluding carboxylic acids is 2. The van der Waals surface area contributed by atoms with E-state index in [4.69, 9.17) is 23.4 Å². The van der Waals surface area contributed by atoms with Crippen molar-refractivity contribution in [2.45, 2.75) is 13.0 Å². The molecule has 0 aliphatic carbocycles. The Hall–Kier alpha value is -4.61. The van der Waals surface area contributed by atoms with Gasteiger partial charge in [-0.05, 0) is 36.4 Å². The predicted octanol–water partition coefficient (Wildman–Crippen LogP) is 3.86. The zero-order chi connectivity index (χ0) is 24.8. The number of hydrogen-bond acceptors (Lipinski definition) is 9. The molecule has 2 aromatic carbocycles. The second-order valence-electron chi connectivity index (χ2n) is 7.26. The van der Waals surface area contributed by atoms with E-state index in [1.54, 1.807) is 0 Å². The smallest absolute Gasteiger partial charge is 0.374 e. The molecule has 12 heteroatoms. The van der Waals surface area contributed by atoms with Gasteiger partial charge in [0.05, 0.1) is 24.2 Å². The lowest BCUT2D eigenvalue weighted by molar-refractivity contribution is -0.384. The fourth-order valence-electron chi connectivity index (χ4n) is 3.09. The van der Waals surface area contributed by atoms with Crippen molar-refractivity contribution in [1.29, 1.82) is 0 Å². The van der Waals surface area contributed by atoms with E-state index in [-0.39, 0.29) is 29.6 Å². The molecule has 1 aliphatic heterocycles. The van der Waals surface area contributed by atoms with Gasteiger partial charge in [0, 0.05) is 12.5 Å². The number of furan rings is 1. The van der Waals surface area contributed by atoms with Crippen LogP contribution in [0.5, 0.6) is 17.2 Å². The molecule has 1 aliphatic rings. The number of esters is 1. The standard InChI is InChI=1S/C23H19FN2O9/c24-14-2-4-15(5-3-14)33-12-16-6-7-19(35-16)23(28)34-13-22(27)25-17-10-20-21(11-18(17)26(29)30)32-9-1-8-31-20/h2-7,10-11H,1,8-9,12-13H2,(H,25,27). The number of carbonyl (C=O) groups is 2. The third kappa shape index (κ3) is 6.05. The summed E-state index contributed by atoms with van der Waals surface area (Å²) in [7, 11) is 0. The number of ether oxygens (including phenoxy) is 4. The highest BCUT2D eigenvalue weighted by Gasteiger charge is 2.23. The Morgan fingerprint density at radius 3 is 2.49 bits per heavy atom. The molecule has 0 unspecified atom stereocenters. The van der Waals surface area contributed by atoms with Crippen LogP contribution >= 0.6 is 0 Å². The zero-order valence-electron chi connectivity index (χ0n) is 18.2. The fourth-order valence-corrected chi connectivity index (χ4v) is 3.09. The van der Waals surface area contributed by atoms with Gasteiger partial charge >= 0.3 is 5.97 Å². The largest absolute Gasteiger partial charge is 0.489 e. The number of fused-ring (bicyclic) bond motifs is 1. The average Bonchev–Trinajstić information content (AvgIpc) is 3.20. The molecular formula is C23H19FN2O9. The van der Waals surface area contributed by atoms with E-state index in [0.29, 0.717) is 31.1 Å². The lowest BCUT2D eigenvalue weighted by Crippen LogP contribution is -2.21. The Labute approximate surface area is 197 Å².